The topological polar surface area (TPSA) is 0 Å². The number of benzene rings is 2. The summed E-state index contributed by atoms with van der Waals surface area (Å²) in [6.07, 6.45) is 0. The molecule has 0 aliphatic heterocycles. The Labute approximate surface area is 97.1 Å². The zero-order valence-corrected chi connectivity index (χ0v) is 10.00. The lowest BCUT2D eigenvalue weighted by atomic mass is 10.2. The van der Waals surface area contributed by atoms with Crippen molar-refractivity contribution >= 4 is 36.8 Å². The molecule has 2 aromatic carbocycles. The lowest BCUT2D eigenvalue weighted by Gasteiger charge is -2.05. The molecule has 0 bridgehead atoms. The molecule has 1 atom stereocenters. The van der Waals surface area contributed by atoms with Crippen LogP contribution in [0.15, 0.2) is 54.6 Å². The van der Waals surface area contributed by atoms with Crippen LogP contribution >= 0.6 is 20.8 Å². The second-order valence-corrected chi connectivity index (χ2v) is 4.80. The van der Waals surface area contributed by atoms with Gasteiger partial charge in [0.2, 0.25) is 0 Å². The maximum absolute atomic E-state index is 5.00. The Morgan fingerprint density at radius 3 is 2.27 bits per heavy atom. The van der Waals surface area contributed by atoms with Crippen molar-refractivity contribution in [2.75, 3.05) is 0 Å². The highest BCUT2D eigenvalue weighted by molar-refractivity contribution is 7.79. The summed E-state index contributed by atoms with van der Waals surface area (Å²) in [5.41, 5.74) is 1.16. The minimum absolute atomic E-state index is 0.684. The van der Waals surface area contributed by atoms with Crippen molar-refractivity contribution in [3.8, 4) is 0 Å². The van der Waals surface area contributed by atoms with Crippen LogP contribution in [0.5, 0.6) is 0 Å². The quantitative estimate of drug-likeness (QED) is 0.577. The van der Waals surface area contributed by atoms with Crippen molar-refractivity contribution in [2.24, 2.45) is 0 Å². The van der Waals surface area contributed by atoms with Crippen LogP contribution in [0.2, 0.25) is 0 Å². The number of thiocarbonyl (C=S) groups is 1. The van der Waals surface area contributed by atoms with E-state index in [4.69, 9.17) is 12.2 Å². The molecule has 2 heteroatoms. The zero-order valence-electron chi connectivity index (χ0n) is 8.18. The van der Waals surface area contributed by atoms with Gasteiger partial charge < -0.3 is 0 Å². The second kappa shape index (κ2) is 5.16. The summed E-state index contributed by atoms with van der Waals surface area (Å²) in [5.74, 6) is 0. The van der Waals surface area contributed by atoms with Crippen LogP contribution in [0, 0.1) is 0 Å². The van der Waals surface area contributed by atoms with Crippen LogP contribution < -0.4 is 10.6 Å². The molecule has 0 fully saturated rings. The Hall–Kier alpha value is -1.04. The van der Waals surface area contributed by atoms with E-state index in [0.29, 0.717) is 8.58 Å². The molecule has 0 aromatic heterocycles. The molecule has 1 unspecified atom stereocenters. The summed E-state index contributed by atoms with van der Waals surface area (Å²) in [4.78, 5) is 0. The maximum Gasteiger partial charge on any atom is 0.00925 e. The first-order valence-electron chi connectivity index (χ1n) is 4.76. The van der Waals surface area contributed by atoms with Gasteiger partial charge in [0, 0.05) is 5.37 Å². The number of hydrogen-bond acceptors (Lipinski definition) is 1. The van der Waals surface area contributed by atoms with Gasteiger partial charge in [0.25, 0.3) is 0 Å². The van der Waals surface area contributed by atoms with Gasteiger partial charge in [-0.15, -0.1) is 0 Å². The minimum atomic E-state index is 0.684. The zero-order chi connectivity index (χ0) is 10.5. The molecule has 0 radical (unpaired) electrons. The lowest BCUT2D eigenvalue weighted by molar-refractivity contribution is 1.74. The van der Waals surface area contributed by atoms with Crippen LogP contribution in [-0.4, -0.2) is 5.37 Å². The van der Waals surface area contributed by atoms with E-state index in [1.54, 1.807) is 5.37 Å². The molecule has 0 heterocycles. The van der Waals surface area contributed by atoms with Crippen LogP contribution in [0.4, 0.5) is 0 Å². The highest BCUT2D eigenvalue weighted by Gasteiger charge is 1.99. The summed E-state index contributed by atoms with van der Waals surface area (Å²) in [5, 5.41) is 4.42. The number of hydrogen-bond donors (Lipinski definition) is 0. The first kappa shape index (κ1) is 10.5. The summed E-state index contributed by atoms with van der Waals surface area (Å²) in [6.45, 7) is 0. The summed E-state index contributed by atoms with van der Waals surface area (Å²) >= 11 is 5.00. The minimum Gasteiger partial charge on any atom is -0.0881 e. The average molecular weight is 230 g/mol. The molecule has 2 rings (SSSR count). The molecule has 0 amide bonds. The van der Waals surface area contributed by atoms with Crippen LogP contribution in [0.1, 0.15) is 5.56 Å². The van der Waals surface area contributed by atoms with E-state index < -0.39 is 0 Å². The fourth-order valence-corrected chi connectivity index (χ4v) is 2.85. The second-order valence-electron chi connectivity index (χ2n) is 3.20. The SMILES string of the molecule is S=Cc1ccccc1Pc1ccccc1. The smallest absolute Gasteiger partial charge is 0.00925 e. The lowest BCUT2D eigenvalue weighted by Crippen LogP contribution is -2.07. The first-order chi connectivity index (χ1) is 7.40. The van der Waals surface area contributed by atoms with Gasteiger partial charge in [0.1, 0.15) is 0 Å². The molecule has 0 aliphatic carbocycles. The average Bonchev–Trinajstić information content (AvgIpc) is 2.31. The van der Waals surface area contributed by atoms with E-state index in [9.17, 15) is 0 Å². The molecule has 0 N–H and O–H groups in total. The van der Waals surface area contributed by atoms with Crippen molar-refractivity contribution in [1.82, 2.24) is 0 Å². The summed E-state index contributed by atoms with van der Waals surface area (Å²) in [7, 11) is 0.684. The van der Waals surface area contributed by atoms with Crippen molar-refractivity contribution in [3.63, 3.8) is 0 Å². The monoisotopic (exact) mass is 230 g/mol. The standard InChI is InChI=1S/C13H11PS/c15-10-11-6-4-5-9-13(11)14-12-7-2-1-3-8-12/h1-10,14H. The third-order valence-electron chi connectivity index (χ3n) is 2.14. The van der Waals surface area contributed by atoms with Gasteiger partial charge in [0.15, 0.2) is 0 Å². The fourth-order valence-electron chi connectivity index (χ4n) is 1.39. The fraction of sp³-hybridized carbons (Fsp3) is 0. The Morgan fingerprint density at radius 1 is 0.867 bits per heavy atom. The maximum atomic E-state index is 5.00. The van der Waals surface area contributed by atoms with Gasteiger partial charge in [-0.2, -0.15) is 0 Å². The van der Waals surface area contributed by atoms with E-state index in [0.717, 1.165) is 5.56 Å². The Kier molecular flexibility index (Phi) is 3.60. The van der Waals surface area contributed by atoms with Gasteiger partial charge in [0.05, 0.1) is 0 Å². The van der Waals surface area contributed by atoms with E-state index in [1.807, 2.05) is 12.1 Å². The molecule has 0 saturated carbocycles. The first-order valence-corrected chi connectivity index (χ1v) is 6.23. The normalized spacial score (nSPS) is 10.7. The van der Waals surface area contributed by atoms with E-state index in [2.05, 4.69) is 42.5 Å². The largest absolute Gasteiger partial charge is 0.0881 e. The molecule has 0 nitrogen and oxygen atoms in total. The molecule has 2 aromatic rings. The van der Waals surface area contributed by atoms with Gasteiger partial charge in [-0.05, 0) is 16.2 Å². The highest BCUT2D eigenvalue weighted by Crippen LogP contribution is 2.12. The van der Waals surface area contributed by atoms with Gasteiger partial charge in [-0.25, -0.2) is 0 Å². The summed E-state index contributed by atoms with van der Waals surface area (Å²) < 4.78 is 0. The highest BCUT2D eigenvalue weighted by atomic mass is 32.1. The van der Waals surface area contributed by atoms with Crippen molar-refractivity contribution in [3.05, 3.63) is 60.2 Å². The van der Waals surface area contributed by atoms with Crippen LogP contribution in [0.3, 0.4) is 0 Å². The summed E-state index contributed by atoms with van der Waals surface area (Å²) in [6, 6.07) is 18.8. The number of rotatable bonds is 3. The molecule has 74 valence electrons. The molecule has 0 aliphatic rings. The molecule has 0 spiro atoms. The Balaban J connectivity index is 2.28. The molecular formula is C13H11PS. The van der Waals surface area contributed by atoms with Crippen molar-refractivity contribution in [1.29, 1.82) is 0 Å². The van der Waals surface area contributed by atoms with Crippen LogP contribution in [-0.2, 0) is 0 Å². The van der Waals surface area contributed by atoms with E-state index >= 15 is 0 Å². The van der Waals surface area contributed by atoms with Gasteiger partial charge in [-0.3, -0.25) is 0 Å². The predicted octanol–water partition coefficient (Wildman–Crippen LogP) is 2.66. The van der Waals surface area contributed by atoms with Gasteiger partial charge in [-0.1, -0.05) is 75.4 Å². The molecule has 0 saturated heterocycles. The van der Waals surface area contributed by atoms with Gasteiger partial charge >= 0.3 is 0 Å². The third kappa shape index (κ3) is 2.71. The van der Waals surface area contributed by atoms with Crippen molar-refractivity contribution < 1.29 is 0 Å². The molecular weight excluding hydrogens is 219 g/mol. The predicted molar refractivity (Wildman–Crippen MR) is 73.2 cm³/mol. The van der Waals surface area contributed by atoms with E-state index in [-0.39, 0.29) is 0 Å². The Bertz CT molecular complexity index is 451. The third-order valence-corrected chi connectivity index (χ3v) is 3.74. The molecule has 15 heavy (non-hydrogen) atoms. The van der Waals surface area contributed by atoms with Crippen molar-refractivity contribution in [2.45, 2.75) is 0 Å². The Morgan fingerprint density at radius 2 is 1.53 bits per heavy atom. The van der Waals surface area contributed by atoms with E-state index in [1.165, 1.54) is 10.6 Å². The van der Waals surface area contributed by atoms with Crippen LogP contribution in [0.25, 0.3) is 0 Å².